The molecule has 1 unspecified atom stereocenters. The van der Waals surface area contributed by atoms with Crippen LogP contribution < -0.4 is 0 Å². The summed E-state index contributed by atoms with van der Waals surface area (Å²) >= 11 is 3.17. The third kappa shape index (κ3) is 2.45. The van der Waals surface area contributed by atoms with Gasteiger partial charge in [0.05, 0.1) is 17.8 Å². The number of nitro groups is 1. The first-order valence-corrected chi connectivity index (χ1v) is 7.25. The molecule has 3 rings (SSSR count). The van der Waals surface area contributed by atoms with Crippen LogP contribution in [0.5, 0.6) is 0 Å². The van der Waals surface area contributed by atoms with E-state index in [1.165, 1.54) is 5.56 Å². The summed E-state index contributed by atoms with van der Waals surface area (Å²) in [5.41, 5.74) is 2.39. The largest absolute Gasteiger partial charge is 0.404 e. The third-order valence-corrected chi connectivity index (χ3v) is 4.15. The monoisotopic (exact) mass is 336 g/mol. The fourth-order valence-electron chi connectivity index (χ4n) is 2.71. The number of hydrogen-bond donors (Lipinski definition) is 0. The first kappa shape index (κ1) is 13.2. The predicted molar refractivity (Wildman–Crippen MR) is 76.5 cm³/mol. The molecule has 0 saturated heterocycles. The van der Waals surface area contributed by atoms with Crippen molar-refractivity contribution in [2.75, 3.05) is 0 Å². The van der Waals surface area contributed by atoms with E-state index < -0.39 is 4.92 Å². The topological polar surface area (TPSA) is 73.8 Å². The molecule has 0 fully saturated rings. The molecule has 20 heavy (non-hydrogen) atoms. The minimum Gasteiger partial charge on any atom is -0.358 e. The lowest BCUT2D eigenvalue weighted by Gasteiger charge is -2.23. The van der Waals surface area contributed by atoms with Crippen LogP contribution in [0.2, 0.25) is 0 Å². The summed E-state index contributed by atoms with van der Waals surface area (Å²) in [6.07, 6.45) is 6.68. The first-order chi connectivity index (χ1) is 9.65. The van der Waals surface area contributed by atoms with Gasteiger partial charge < -0.3 is 10.1 Å². The number of nitrogens with zero attached hydrogens (tertiary/aromatic N) is 4. The molecule has 0 radical (unpaired) electrons. The van der Waals surface area contributed by atoms with Crippen molar-refractivity contribution in [2.24, 2.45) is 0 Å². The summed E-state index contributed by atoms with van der Waals surface area (Å²) in [5, 5.41) is 14.8. The van der Waals surface area contributed by atoms with Crippen LogP contribution in [0.4, 0.5) is 5.82 Å². The average Bonchev–Trinajstić information content (AvgIpc) is 2.80. The Bertz CT molecular complexity index is 656. The summed E-state index contributed by atoms with van der Waals surface area (Å²) < 4.78 is 2.05. The fraction of sp³-hybridized carbons (Fsp3) is 0.385. The van der Waals surface area contributed by atoms with Crippen molar-refractivity contribution in [1.82, 2.24) is 14.8 Å². The summed E-state index contributed by atoms with van der Waals surface area (Å²) in [5.74, 6) is 0.133. The van der Waals surface area contributed by atoms with Crippen molar-refractivity contribution in [1.29, 1.82) is 0 Å². The Morgan fingerprint density at radius 1 is 1.55 bits per heavy atom. The van der Waals surface area contributed by atoms with Gasteiger partial charge in [0.2, 0.25) is 0 Å². The van der Waals surface area contributed by atoms with E-state index in [1.54, 1.807) is 17.1 Å². The van der Waals surface area contributed by atoms with Gasteiger partial charge in [0.1, 0.15) is 4.47 Å². The molecule has 0 aromatic carbocycles. The lowest BCUT2D eigenvalue weighted by Crippen LogP contribution is -2.17. The number of aromatic nitrogens is 3. The first-order valence-electron chi connectivity index (χ1n) is 6.46. The van der Waals surface area contributed by atoms with Crippen molar-refractivity contribution in [3.8, 4) is 0 Å². The highest BCUT2D eigenvalue weighted by Crippen LogP contribution is 2.32. The van der Waals surface area contributed by atoms with Gasteiger partial charge in [-0.25, -0.2) is 0 Å². The molecule has 0 spiro atoms. The van der Waals surface area contributed by atoms with Crippen LogP contribution in [0.1, 0.15) is 30.0 Å². The highest BCUT2D eigenvalue weighted by atomic mass is 79.9. The Balaban J connectivity index is 1.86. The van der Waals surface area contributed by atoms with Crippen LogP contribution in [0, 0.1) is 10.1 Å². The minimum atomic E-state index is -0.479. The molecule has 1 aliphatic carbocycles. The summed E-state index contributed by atoms with van der Waals surface area (Å²) in [6.45, 7) is 0.621. The van der Waals surface area contributed by atoms with Crippen LogP contribution in [0.25, 0.3) is 0 Å². The number of hydrogen-bond acceptors (Lipinski definition) is 4. The fourth-order valence-corrected chi connectivity index (χ4v) is 3.17. The Morgan fingerprint density at radius 3 is 3.15 bits per heavy atom. The van der Waals surface area contributed by atoms with E-state index in [0.29, 0.717) is 11.0 Å². The van der Waals surface area contributed by atoms with Crippen molar-refractivity contribution in [2.45, 2.75) is 31.7 Å². The molecule has 2 aromatic heterocycles. The van der Waals surface area contributed by atoms with Crippen molar-refractivity contribution in [3.63, 3.8) is 0 Å². The zero-order chi connectivity index (χ0) is 14.1. The van der Waals surface area contributed by atoms with Gasteiger partial charge in [0.25, 0.3) is 0 Å². The number of rotatable bonds is 3. The van der Waals surface area contributed by atoms with Gasteiger partial charge in [-0.1, -0.05) is 6.07 Å². The van der Waals surface area contributed by atoms with Gasteiger partial charge in [-0.3, -0.25) is 4.98 Å². The van der Waals surface area contributed by atoms with E-state index in [2.05, 4.69) is 32.1 Å². The zero-order valence-corrected chi connectivity index (χ0v) is 12.3. The molecule has 0 N–H and O–H groups in total. The van der Waals surface area contributed by atoms with Gasteiger partial charge in [0.15, 0.2) is 0 Å². The van der Waals surface area contributed by atoms with E-state index in [1.807, 2.05) is 6.07 Å². The predicted octanol–water partition coefficient (Wildman–Crippen LogP) is 3.07. The van der Waals surface area contributed by atoms with Gasteiger partial charge in [-0.2, -0.15) is 4.68 Å². The second kappa shape index (κ2) is 5.32. The standard InChI is InChI=1S/C13H13BrN4O2/c14-11-8-17(16-13(11)18(19)20)7-10-4-1-3-9-5-2-6-15-12(9)10/h2,5-6,8,10H,1,3-4,7H2. The Labute approximate surface area is 124 Å². The van der Waals surface area contributed by atoms with E-state index in [0.717, 1.165) is 25.0 Å². The maximum absolute atomic E-state index is 10.8. The van der Waals surface area contributed by atoms with Crippen LogP contribution in [0.3, 0.4) is 0 Å². The molecule has 104 valence electrons. The van der Waals surface area contributed by atoms with E-state index in [4.69, 9.17) is 0 Å². The SMILES string of the molecule is O=[N+]([O-])c1nn(CC2CCCc3cccnc32)cc1Br. The molecule has 6 nitrogen and oxygen atoms in total. The average molecular weight is 337 g/mol. The zero-order valence-electron chi connectivity index (χ0n) is 10.7. The highest BCUT2D eigenvalue weighted by Gasteiger charge is 2.25. The quantitative estimate of drug-likeness (QED) is 0.637. The molecule has 0 bridgehead atoms. The Hall–Kier alpha value is -1.76. The molecular weight excluding hydrogens is 324 g/mol. The molecule has 0 saturated carbocycles. The number of halogens is 1. The number of aryl methyl sites for hydroxylation is 1. The second-order valence-electron chi connectivity index (χ2n) is 4.92. The molecule has 1 aliphatic rings. The number of pyridine rings is 1. The van der Waals surface area contributed by atoms with Crippen molar-refractivity contribution < 1.29 is 4.92 Å². The lowest BCUT2D eigenvalue weighted by molar-refractivity contribution is -0.390. The van der Waals surface area contributed by atoms with Gasteiger partial charge in [-0.15, -0.1) is 0 Å². The molecule has 7 heteroatoms. The molecule has 1 atom stereocenters. The van der Waals surface area contributed by atoms with Crippen molar-refractivity contribution in [3.05, 3.63) is 50.4 Å². The van der Waals surface area contributed by atoms with Gasteiger partial charge in [-0.05, 0) is 51.7 Å². The van der Waals surface area contributed by atoms with E-state index >= 15 is 0 Å². The van der Waals surface area contributed by atoms with E-state index in [-0.39, 0.29) is 11.7 Å². The van der Waals surface area contributed by atoms with Gasteiger partial charge in [0, 0.05) is 17.8 Å². The summed E-state index contributed by atoms with van der Waals surface area (Å²) in [7, 11) is 0. The maximum atomic E-state index is 10.8. The van der Waals surface area contributed by atoms with Gasteiger partial charge >= 0.3 is 5.82 Å². The smallest absolute Gasteiger partial charge is 0.358 e. The van der Waals surface area contributed by atoms with Crippen LogP contribution in [-0.4, -0.2) is 19.7 Å². The summed E-state index contributed by atoms with van der Waals surface area (Å²) in [4.78, 5) is 14.8. The van der Waals surface area contributed by atoms with Crippen LogP contribution in [0.15, 0.2) is 29.0 Å². The molecule has 0 amide bonds. The molecule has 2 heterocycles. The second-order valence-corrected chi connectivity index (χ2v) is 5.77. The van der Waals surface area contributed by atoms with E-state index in [9.17, 15) is 10.1 Å². The van der Waals surface area contributed by atoms with Crippen molar-refractivity contribution >= 4 is 21.7 Å². The Morgan fingerprint density at radius 2 is 2.40 bits per heavy atom. The summed E-state index contributed by atoms with van der Waals surface area (Å²) in [6, 6.07) is 4.06. The van der Waals surface area contributed by atoms with Crippen LogP contribution >= 0.6 is 15.9 Å². The lowest BCUT2D eigenvalue weighted by atomic mass is 9.86. The third-order valence-electron chi connectivity index (χ3n) is 3.59. The molecule has 0 aliphatic heterocycles. The Kier molecular flexibility index (Phi) is 3.52. The maximum Gasteiger partial charge on any atom is 0.404 e. The molecular formula is C13H13BrN4O2. The highest BCUT2D eigenvalue weighted by molar-refractivity contribution is 9.10. The number of fused-ring (bicyclic) bond motifs is 1. The molecule has 2 aromatic rings. The van der Waals surface area contributed by atoms with Crippen LogP contribution in [-0.2, 0) is 13.0 Å². The normalized spacial score (nSPS) is 17.8. The minimum absolute atomic E-state index is 0.137.